The van der Waals surface area contributed by atoms with Crippen LogP contribution < -0.4 is 10.5 Å². The number of carbonyl (C=O) groups is 1. The van der Waals surface area contributed by atoms with E-state index in [1.54, 1.807) is 4.90 Å². The summed E-state index contributed by atoms with van der Waals surface area (Å²) in [5.41, 5.74) is 7.22. The molecule has 2 unspecified atom stereocenters. The van der Waals surface area contributed by atoms with Gasteiger partial charge in [-0.15, -0.1) is 0 Å². The summed E-state index contributed by atoms with van der Waals surface area (Å²) in [5.74, 6) is 0.980. The average molecular weight is 262 g/mol. The van der Waals surface area contributed by atoms with E-state index in [0.29, 0.717) is 6.42 Å². The van der Waals surface area contributed by atoms with Gasteiger partial charge >= 0.3 is 0 Å². The van der Waals surface area contributed by atoms with Crippen molar-refractivity contribution < 1.29 is 9.53 Å². The number of nitrogens with zero attached hydrogens (tertiary/aromatic N) is 1. The van der Waals surface area contributed by atoms with Gasteiger partial charge in [-0.05, 0) is 38.0 Å². The van der Waals surface area contributed by atoms with Crippen molar-refractivity contribution in [3.63, 3.8) is 0 Å². The van der Waals surface area contributed by atoms with E-state index in [1.165, 1.54) is 0 Å². The normalized spacial score (nSPS) is 23.8. The zero-order valence-corrected chi connectivity index (χ0v) is 11.8. The maximum Gasteiger partial charge on any atom is 0.222 e. The third kappa shape index (κ3) is 3.07. The van der Waals surface area contributed by atoms with Gasteiger partial charge in [-0.1, -0.05) is 12.1 Å². The molecule has 4 nitrogen and oxygen atoms in total. The number of nitrogens with two attached hydrogens (primary N) is 1. The van der Waals surface area contributed by atoms with Gasteiger partial charge in [0.25, 0.3) is 0 Å². The van der Waals surface area contributed by atoms with Gasteiger partial charge in [0.2, 0.25) is 5.91 Å². The molecule has 4 heteroatoms. The van der Waals surface area contributed by atoms with Crippen LogP contribution in [0.25, 0.3) is 0 Å². The molecular formula is C15H22N2O2. The highest BCUT2D eigenvalue weighted by molar-refractivity contribution is 5.77. The predicted octanol–water partition coefficient (Wildman–Crippen LogP) is 2.09. The highest BCUT2D eigenvalue weighted by atomic mass is 16.5. The standard InChI is InChI=1S/C15H22N2O2/c1-10(2)19-12-6-4-5-11(9-12)15-13(16)7-8-14(18)17(15)3/h4-6,9-10,13,15H,7-8,16H2,1-3H3. The first kappa shape index (κ1) is 13.9. The van der Waals surface area contributed by atoms with Crippen LogP contribution in [0.3, 0.4) is 0 Å². The zero-order valence-electron chi connectivity index (χ0n) is 11.8. The maximum absolute atomic E-state index is 11.8. The molecule has 0 spiro atoms. The molecular weight excluding hydrogens is 240 g/mol. The molecule has 1 saturated heterocycles. The van der Waals surface area contributed by atoms with Crippen LogP contribution in [0, 0.1) is 0 Å². The van der Waals surface area contributed by atoms with Crippen molar-refractivity contribution in [1.29, 1.82) is 0 Å². The summed E-state index contributed by atoms with van der Waals surface area (Å²) in [6.07, 6.45) is 1.41. The fourth-order valence-corrected chi connectivity index (χ4v) is 2.58. The van der Waals surface area contributed by atoms with Crippen molar-refractivity contribution in [2.24, 2.45) is 5.73 Å². The number of hydrogen-bond acceptors (Lipinski definition) is 3. The van der Waals surface area contributed by atoms with E-state index < -0.39 is 0 Å². The Bertz CT molecular complexity index is 459. The lowest BCUT2D eigenvalue weighted by Gasteiger charge is -2.37. The molecule has 1 aromatic rings. The third-order valence-corrected chi connectivity index (χ3v) is 3.48. The molecule has 1 aromatic carbocycles. The van der Waals surface area contributed by atoms with Crippen LogP contribution in [-0.2, 0) is 4.79 Å². The Morgan fingerprint density at radius 3 is 2.84 bits per heavy atom. The second-order valence-electron chi connectivity index (χ2n) is 5.39. The summed E-state index contributed by atoms with van der Waals surface area (Å²) in [5, 5.41) is 0. The minimum absolute atomic E-state index is 0.0167. The molecule has 0 bridgehead atoms. The number of hydrogen-bond donors (Lipinski definition) is 1. The summed E-state index contributed by atoms with van der Waals surface area (Å²) >= 11 is 0. The van der Waals surface area contributed by atoms with Crippen LogP contribution in [0.1, 0.15) is 38.3 Å². The summed E-state index contributed by atoms with van der Waals surface area (Å²) in [4.78, 5) is 13.6. The van der Waals surface area contributed by atoms with Crippen molar-refractivity contribution in [3.05, 3.63) is 29.8 Å². The summed E-state index contributed by atoms with van der Waals surface area (Å²) in [6, 6.07) is 7.80. The molecule has 1 fully saturated rings. The first-order valence-corrected chi connectivity index (χ1v) is 6.77. The summed E-state index contributed by atoms with van der Waals surface area (Å²) in [6.45, 7) is 3.99. The quantitative estimate of drug-likeness (QED) is 0.907. The SMILES string of the molecule is CC(C)Oc1cccc(C2C(N)CCC(=O)N2C)c1. The predicted molar refractivity (Wildman–Crippen MR) is 74.9 cm³/mol. The Morgan fingerprint density at radius 2 is 2.16 bits per heavy atom. The molecule has 2 N–H and O–H groups in total. The van der Waals surface area contributed by atoms with E-state index in [9.17, 15) is 4.79 Å². The van der Waals surface area contributed by atoms with E-state index >= 15 is 0 Å². The molecule has 0 radical (unpaired) electrons. The van der Waals surface area contributed by atoms with Gasteiger partial charge in [-0.2, -0.15) is 0 Å². The van der Waals surface area contributed by atoms with Gasteiger partial charge in [0.1, 0.15) is 5.75 Å². The fraction of sp³-hybridized carbons (Fsp3) is 0.533. The van der Waals surface area contributed by atoms with Crippen LogP contribution >= 0.6 is 0 Å². The van der Waals surface area contributed by atoms with E-state index in [4.69, 9.17) is 10.5 Å². The van der Waals surface area contributed by atoms with Crippen LogP contribution in [0.5, 0.6) is 5.75 Å². The Balaban J connectivity index is 2.26. The fourth-order valence-electron chi connectivity index (χ4n) is 2.58. The monoisotopic (exact) mass is 262 g/mol. The highest BCUT2D eigenvalue weighted by Gasteiger charge is 2.32. The van der Waals surface area contributed by atoms with Crippen LogP contribution in [0.2, 0.25) is 0 Å². The third-order valence-electron chi connectivity index (χ3n) is 3.48. The molecule has 1 aliphatic heterocycles. The lowest BCUT2D eigenvalue weighted by atomic mass is 9.91. The van der Waals surface area contributed by atoms with Gasteiger partial charge in [-0.25, -0.2) is 0 Å². The first-order valence-electron chi connectivity index (χ1n) is 6.77. The number of ether oxygens (including phenoxy) is 1. The minimum atomic E-state index is -0.0584. The molecule has 0 aromatic heterocycles. The molecule has 104 valence electrons. The smallest absolute Gasteiger partial charge is 0.222 e. The average Bonchev–Trinajstić information content (AvgIpc) is 2.34. The molecule has 1 amide bonds. The van der Waals surface area contributed by atoms with E-state index in [1.807, 2.05) is 45.2 Å². The number of amides is 1. The molecule has 0 aliphatic carbocycles. The molecule has 2 atom stereocenters. The van der Waals surface area contributed by atoms with Crippen molar-refractivity contribution in [1.82, 2.24) is 4.90 Å². The summed E-state index contributed by atoms with van der Waals surface area (Å²) in [7, 11) is 1.82. The van der Waals surface area contributed by atoms with Gasteiger partial charge < -0.3 is 15.4 Å². The van der Waals surface area contributed by atoms with Crippen LogP contribution in [0.4, 0.5) is 0 Å². The highest BCUT2D eigenvalue weighted by Crippen LogP contribution is 2.31. The van der Waals surface area contributed by atoms with Gasteiger partial charge in [0.05, 0.1) is 12.1 Å². The van der Waals surface area contributed by atoms with Crippen molar-refractivity contribution in [2.45, 2.75) is 44.9 Å². The minimum Gasteiger partial charge on any atom is -0.491 e. The second kappa shape index (κ2) is 5.61. The van der Waals surface area contributed by atoms with Gasteiger partial charge in [0, 0.05) is 19.5 Å². The molecule has 1 heterocycles. The molecule has 0 saturated carbocycles. The number of piperidine rings is 1. The van der Waals surface area contributed by atoms with E-state index in [2.05, 4.69) is 0 Å². The number of carbonyl (C=O) groups excluding carboxylic acids is 1. The Hall–Kier alpha value is -1.55. The zero-order chi connectivity index (χ0) is 14.0. The number of likely N-dealkylation sites (tertiary alicyclic amines) is 1. The van der Waals surface area contributed by atoms with Gasteiger partial charge in [-0.3, -0.25) is 4.79 Å². The molecule has 1 aliphatic rings. The van der Waals surface area contributed by atoms with Crippen molar-refractivity contribution in [2.75, 3.05) is 7.05 Å². The van der Waals surface area contributed by atoms with E-state index in [-0.39, 0.29) is 24.1 Å². The lowest BCUT2D eigenvalue weighted by Crippen LogP contribution is -2.46. The second-order valence-corrected chi connectivity index (χ2v) is 5.39. The van der Waals surface area contributed by atoms with Gasteiger partial charge in [0.15, 0.2) is 0 Å². The largest absolute Gasteiger partial charge is 0.491 e. The Labute approximate surface area is 114 Å². The maximum atomic E-state index is 11.8. The first-order chi connectivity index (χ1) is 8.99. The van der Waals surface area contributed by atoms with Crippen LogP contribution in [0.15, 0.2) is 24.3 Å². The lowest BCUT2D eigenvalue weighted by molar-refractivity contribution is -0.135. The Kier molecular flexibility index (Phi) is 4.10. The number of rotatable bonds is 3. The number of benzene rings is 1. The van der Waals surface area contributed by atoms with E-state index in [0.717, 1.165) is 17.7 Å². The molecule has 2 rings (SSSR count). The Morgan fingerprint density at radius 1 is 1.42 bits per heavy atom. The van der Waals surface area contributed by atoms with Crippen molar-refractivity contribution in [3.8, 4) is 5.75 Å². The van der Waals surface area contributed by atoms with Crippen molar-refractivity contribution >= 4 is 5.91 Å². The number of likely N-dealkylation sites (N-methyl/N-ethyl adjacent to an activating group) is 1. The van der Waals surface area contributed by atoms with Crippen LogP contribution in [-0.4, -0.2) is 30.0 Å². The topological polar surface area (TPSA) is 55.6 Å². The summed E-state index contributed by atoms with van der Waals surface area (Å²) < 4.78 is 5.70. The molecule has 19 heavy (non-hydrogen) atoms.